The van der Waals surface area contributed by atoms with E-state index in [4.69, 9.17) is 0 Å². The van der Waals surface area contributed by atoms with Crippen LogP contribution in [0, 0.1) is 0 Å². The van der Waals surface area contributed by atoms with Gasteiger partial charge in [-0.25, -0.2) is 9.89 Å². The number of thioether (sulfide) groups is 1. The van der Waals surface area contributed by atoms with Crippen molar-refractivity contribution in [3.63, 3.8) is 0 Å². The first kappa shape index (κ1) is 16.5. The summed E-state index contributed by atoms with van der Waals surface area (Å²) in [5.41, 5.74) is -0.184. The molecule has 0 unspecified atom stereocenters. The van der Waals surface area contributed by atoms with Crippen LogP contribution in [0.4, 0.5) is 11.4 Å². The van der Waals surface area contributed by atoms with Crippen LogP contribution in [0.2, 0.25) is 0 Å². The van der Waals surface area contributed by atoms with Crippen LogP contribution in [-0.2, 0) is 9.59 Å². The highest BCUT2D eigenvalue weighted by molar-refractivity contribution is 7.99. The molecule has 1 aromatic heterocycles. The molecule has 0 radical (unpaired) electrons. The fourth-order valence-electron chi connectivity index (χ4n) is 1.61. The number of benzene rings is 1. The lowest BCUT2D eigenvalue weighted by molar-refractivity contribution is -0.114. The van der Waals surface area contributed by atoms with Gasteiger partial charge < -0.3 is 10.6 Å². The third-order valence-electron chi connectivity index (χ3n) is 2.51. The topological polar surface area (TPSA) is 137 Å². The third-order valence-corrected chi connectivity index (χ3v) is 3.47. The number of hydrogen-bond donors (Lipinski definition) is 4. The number of carbonyl (C=O) groups is 2. The molecule has 0 fully saturated rings. The molecule has 1 heterocycles. The van der Waals surface area contributed by atoms with E-state index in [1.165, 1.54) is 6.92 Å². The number of nitrogens with zero attached hydrogens (tertiary/aromatic N) is 1. The molecule has 0 aliphatic carbocycles. The zero-order valence-corrected chi connectivity index (χ0v) is 12.8. The van der Waals surface area contributed by atoms with Gasteiger partial charge in [0.1, 0.15) is 0 Å². The minimum absolute atomic E-state index is 0.000700. The van der Waals surface area contributed by atoms with Crippen LogP contribution in [-0.4, -0.2) is 32.7 Å². The summed E-state index contributed by atoms with van der Waals surface area (Å²) in [6.45, 7) is 1.40. The molecule has 2 rings (SSSR count). The Kier molecular flexibility index (Phi) is 5.31. The quantitative estimate of drug-likeness (QED) is 0.574. The molecule has 10 heteroatoms. The minimum Gasteiger partial charge on any atom is -0.326 e. The van der Waals surface area contributed by atoms with Crippen LogP contribution in [0.15, 0.2) is 38.9 Å². The van der Waals surface area contributed by atoms with Crippen molar-refractivity contribution in [3.8, 4) is 0 Å². The molecule has 0 saturated heterocycles. The summed E-state index contributed by atoms with van der Waals surface area (Å²) in [7, 11) is 0. The number of nitrogens with one attached hydrogen (secondary N) is 4. The molecule has 1 aromatic carbocycles. The minimum atomic E-state index is -0.705. The standard InChI is InChI=1S/C13H13N5O4S/c1-7(19)14-8-2-4-9(5-3-8)15-10(20)6-23-12-11(21)16-13(22)18-17-12/h2-5H,6H2,1H3,(H,14,19)(H,15,20)(H2,16,18,21,22). The van der Waals surface area contributed by atoms with Crippen LogP contribution in [0.3, 0.4) is 0 Å². The Morgan fingerprint density at radius 1 is 1.13 bits per heavy atom. The van der Waals surface area contributed by atoms with Gasteiger partial charge in [-0.15, -0.1) is 0 Å². The first-order chi connectivity index (χ1) is 10.9. The van der Waals surface area contributed by atoms with Gasteiger partial charge in [-0.05, 0) is 24.3 Å². The Morgan fingerprint density at radius 2 is 1.74 bits per heavy atom. The summed E-state index contributed by atoms with van der Waals surface area (Å²) >= 11 is 0.901. The van der Waals surface area contributed by atoms with Crippen molar-refractivity contribution >= 4 is 35.0 Å². The summed E-state index contributed by atoms with van der Waals surface area (Å²) in [5, 5.41) is 10.9. The van der Waals surface area contributed by atoms with Crippen LogP contribution < -0.4 is 21.9 Å². The number of rotatable bonds is 5. The molecular formula is C13H13N5O4S. The van der Waals surface area contributed by atoms with Gasteiger partial charge in [-0.2, -0.15) is 5.10 Å². The molecule has 0 aliphatic heterocycles. The molecule has 0 spiro atoms. The monoisotopic (exact) mass is 335 g/mol. The number of amides is 2. The van der Waals surface area contributed by atoms with E-state index >= 15 is 0 Å². The molecular weight excluding hydrogens is 322 g/mol. The number of H-pyrrole nitrogens is 2. The molecule has 4 N–H and O–H groups in total. The van der Waals surface area contributed by atoms with E-state index in [1.54, 1.807) is 24.3 Å². The first-order valence-electron chi connectivity index (χ1n) is 6.43. The Balaban J connectivity index is 1.90. The predicted molar refractivity (Wildman–Crippen MR) is 85.6 cm³/mol. The summed E-state index contributed by atoms with van der Waals surface area (Å²) in [6, 6.07) is 6.58. The highest BCUT2D eigenvalue weighted by Crippen LogP contribution is 2.15. The van der Waals surface area contributed by atoms with Crippen molar-refractivity contribution in [3.05, 3.63) is 45.1 Å². The van der Waals surface area contributed by atoms with E-state index in [-0.39, 0.29) is 22.6 Å². The Bertz CT molecular complexity index is 827. The number of aromatic nitrogens is 3. The molecule has 120 valence electrons. The van der Waals surface area contributed by atoms with E-state index in [2.05, 4.69) is 20.8 Å². The fraction of sp³-hybridized carbons (Fsp3) is 0.154. The number of carbonyl (C=O) groups excluding carboxylic acids is 2. The smallest absolute Gasteiger partial charge is 0.326 e. The maximum absolute atomic E-state index is 11.8. The molecule has 0 aliphatic rings. The molecule has 0 saturated carbocycles. The van der Waals surface area contributed by atoms with Gasteiger partial charge in [0.05, 0.1) is 5.75 Å². The number of aromatic amines is 2. The van der Waals surface area contributed by atoms with Gasteiger partial charge in [-0.1, -0.05) is 11.8 Å². The first-order valence-corrected chi connectivity index (χ1v) is 7.42. The summed E-state index contributed by atoms with van der Waals surface area (Å²) in [5.74, 6) is -0.568. The van der Waals surface area contributed by atoms with Crippen LogP contribution in [0.1, 0.15) is 6.92 Å². The van der Waals surface area contributed by atoms with Crippen molar-refractivity contribution in [1.82, 2.24) is 15.2 Å². The Morgan fingerprint density at radius 3 is 2.30 bits per heavy atom. The third kappa shape index (κ3) is 5.11. The van der Waals surface area contributed by atoms with Gasteiger partial charge >= 0.3 is 5.69 Å². The zero-order valence-electron chi connectivity index (χ0n) is 12.0. The highest BCUT2D eigenvalue weighted by Gasteiger charge is 2.08. The summed E-state index contributed by atoms with van der Waals surface area (Å²) < 4.78 is 0. The highest BCUT2D eigenvalue weighted by atomic mass is 32.2. The second kappa shape index (κ2) is 7.40. The van der Waals surface area contributed by atoms with Crippen molar-refractivity contribution < 1.29 is 9.59 Å². The SMILES string of the molecule is CC(=O)Nc1ccc(NC(=O)CSc2n[nH]c(=O)[nH]c2=O)cc1. The molecule has 0 atom stereocenters. The maximum Gasteiger partial charge on any atom is 0.342 e. The average molecular weight is 335 g/mol. The summed E-state index contributed by atoms with van der Waals surface area (Å²) in [4.78, 5) is 47.0. The second-order valence-electron chi connectivity index (χ2n) is 4.41. The van der Waals surface area contributed by atoms with E-state index < -0.39 is 11.2 Å². The lowest BCUT2D eigenvalue weighted by Crippen LogP contribution is -2.25. The molecule has 2 aromatic rings. The Hall–Kier alpha value is -2.88. The normalized spacial score (nSPS) is 10.1. The van der Waals surface area contributed by atoms with Gasteiger partial charge in [0.25, 0.3) is 5.56 Å². The molecule has 23 heavy (non-hydrogen) atoms. The zero-order chi connectivity index (χ0) is 16.8. The number of hydrogen-bond acceptors (Lipinski definition) is 6. The van der Waals surface area contributed by atoms with Gasteiger partial charge in [0.2, 0.25) is 11.8 Å². The number of anilines is 2. The van der Waals surface area contributed by atoms with Crippen molar-refractivity contribution in [2.75, 3.05) is 16.4 Å². The Labute approximate surface area is 133 Å². The van der Waals surface area contributed by atoms with E-state index in [9.17, 15) is 19.2 Å². The van der Waals surface area contributed by atoms with E-state index in [1.807, 2.05) is 4.98 Å². The fourth-order valence-corrected chi connectivity index (χ4v) is 2.24. The lowest BCUT2D eigenvalue weighted by Gasteiger charge is -2.06. The lowest BCUT2D eigenvalue weighted by atomic mass is 10.3. The van der Waals surface area contributed by atoms with Gasteiger partial charge in [0.15, 0.2) is 5.03 Å². The van der Waals surface area contributed by atoms with Crippen molar-refractivity contribution in [2.45, 2.75) is 11.9 Å². The molecule has 2 amide bonds. The van der Waals surface area contributed by atoms with Crippen LogP contribution in [0.25, 0.3) is 0 Å². The molecule has 0 bridgehead atoms. The van der Waals surface area contributed by atoms with Crippen molar-refractivity contribution in [2.24, 2.45) is 0 Å². The second-order valence-corrected chi connectivity index (χ2v) is 5.37. The van der Waals surface area contributed by atoms with Crippen LogP contribution in [0.5, 0.6) is 0 Å². The molecule has 9 nitrogen and oxygen atoms in total. The van der Waals surface area contributed by atoms with Crippen LogP contribution >= 0.6 is 11.8 Å². The average Bonchev–Trinajstić information content (AvgIpc) is 2.48. The summed E-state index contributed by atoms with van der Waals surface area (Å²) in [6.07, 6.45) is 0. The van der Waals surface area contributed by atoms with E-state index in [0.717, 1.165) is 11.8 Å². The van der Waals surface area contributed by atoms with Gasteiger partial charge in [-0.3, -0.25) is 19.4 Å². The van der Waals surface area contributed by atoms with Crippen molar-refractivity contribution in [1.29, 1.82) is 0 Å². The largest absolute Gasteiger partial charge is 0.342 e. The van der Waals surface area contributed by atoms with E-state index in [0.29, 0.717) is 11.4 Å². The predicted octanol–water partition coefficient (Wildman–Crippen LogP) is 0.147. The maximum atomic E-state index is 11.8. The van der Waals surface area contributed by atoms with Gasteiger partial charge in [0, 0.05) is 18.3 Å².